The van der Waals surface area contributed by atoms with Crippen LogP contribution in [0.2, 0.25) is 0 Å². The van der Waals surface area contributed by atoms with Gasteiger partial charge in [0.15, 0.2) is 0 Å². The summed E-state index contributed by atoms with van der Waals surface area (Å²) < 4.78 is 37.5. The number of benzene rings is 1. The molecule has 0 spiro atoms. The lowest BCUT2D eigenvalue weighted by molar-refractivity contribution is -0.137. The molecule has 1 unspecified atom stereocenters. The first-order valence-electron chi connectivity index (χ1n) is 6.12. The summed E-state index contributed by atoms with van der Waals surface area (Å²) in [7, 11) is 0. The molecule has 1 saturated heterocycles. The van der Waals surface area contributed by atoms with Crippen molar-refractivity contribution in [2.24, 2.45) is 0 Å². The zero-order valence-electron chi connectivity index (χ0n) is 10.3. The average Bonchev–Trinajstić information content (AvgIpc) is 2.79. The van der Waals surface area contributed by atoms with Gasteiger partial charge in [0.25, 0.3) is 0 Å². The molecule has 1 aromatic rings. The number of halogens is 3. The van der Waals surface area contributed by atoms with E-state index in [4.69, 9.17) is 0 Å². The number of aryl methyl sites for hydroxylation is 1. The highest BCUT2D eigenvalue weighted by Gasteiger charge is 2.30. The van der Waals surface area contributed by atoms with Crippen LogP contribution in [0.15, 0.2) is 18.2 Å². The topological polar surface area (TPSA) is 24.1 Å². The monoisotopic (exact) mass is 258 g/mol. The Balaban J connectivity index is 2.01. The van der Waals surface area contributed by atoms with Gasteiger partial charge in [0, 0.05) is 18.3 Å². The molecule has 0 saturated carbocycles. The van der Waals surface area contributed by atoms with Gasteiger partial charge in [-0.15, -0.1) is 0 Å². The number of anilines is 1. The zero-order valence-corrected chi connectivity index (χ0v) is 10.3. The Labute approximate surface area is 105 Å². The summed E-state index contributed by atoms with van der Waals surface area (Å²) in [6, 6.07) is 4.24. The van der Waals surface area contributed by atoms with Crippen LogP contribution < -0.4 is 10.6 Å². The summed E-state index contributed by atoms with van der Waals surface area (Å²) in [4.78, 5) is 0. The van der Waals surface area contributed by atoms with Crippen molar-refractivity contribution in [1.29, 1.82) is 0 Å². The van der Waals surface area contributed by atoms with Crippen molar-refractivity contribution >= 4 is 5.69 Å². The predicted molar refractivity (Wildman–Crippen MR) is 65.7 cm³/mol. The van der Waals surface area contributed by atoms with Gasteiger partial charge in [0.05, 0.1) is 5.56 Å². The van der Waals surface area contributed by atoms with E-state index < -0.39 is 11.7 Å². The third-order valence-corrected chi connectivity index (χ3v) is 3.26. The van der Waals surface area contributed by atoms with Gasteiger partial charge >= 0.3 is 6.18 Å². The summed E-state index contributed by atoms with van der Waals surface area (Å²) in [5.74, 6) is 0. The molecule has 5 heteroatoms. The molecular formula is C13H17F3N2. The predicted octanol–water partition coefficient (Wildman–Crippen LogP) is 3.18. The Morgan fingerprint density at radius 2 is 2.17 bits per heavy atom. The minimum Gasteiger partial charge on any atom is -0.383 e. The highest BCUT2D eigenvalue weighted by Crippen LogP contribution is 2.31. The zero-order chi connectivity index (χ0) is 13.2. The van der Waals surface area contributed by atoms with E-state index in [-0.39, 0.29) is 0 Å². The molecule has 2 rings (SSSR count). The molecule has 1 heterocycles. The average molecular weight is 258 g/mol. The summed E-state index contributed by atoms with van der Waals surface area (Å²) in [6.45, 7) is 3.48. The van der Waals surface area contributed by atoms with E-state index in [1.807, 2.05) is 0 Å². The van der Waals surface area contributed by atoms with Gasteiger partial charge in [-0.3, -0.25) is 0 Å². The third-order valence-electron chi connectivity index (χ3n) is 3.26. The van der Waals surface area contributed by atoms with Crippen molar-refractivity contribution in [2.45, 2.75) is 32.0 Å². The van der Waals surface area contributed by atoms with Gasteiger partial charge in [0.2, 0.25) is 0 Å². The van der Waals surface area contributed by atoms with E-state index in [0.29, 0.717) is 11.6 Å². The van der Waals surface area contributed by atoms with Gasteiger partial charge in [-0.05, 0) is 50.1 Å². The van der Waals surface area contributed by atoms with Gasteiger partial charge in [-0.1, -0.05) is 0 Å². The second kappa shape index (κ2) is 5.18. The third kappa shape index (κ3) is 3.16. The fourth-order valence-electron chi connectivity index (χ4n) is 2.20. The van der Waals surface area contributed by atoms with Gasteiger partial charge in [-0.25, -0.2) is 0 Å². The van der Waals surface area contributed by atoms with E-state index in [1.54, 1.807) is 6.92 Å². The molecule has 1 fully saturated rings. The number of nitrogens with one attached hydrogen (secondary N) is 2. The molecule has 2 nitrogen and oxygen atoms in total. The number of alkyl halides is 3. The second-order valence-electron chi connectivity index (χ2n) is 4.70. The van der Waals surface area contributed by atoms with Crippen molar-refractivity contribution in [2.75, 3.05) is 18.4 Å². The molecule has 1 aliphatic rings. The lowest BCUT2D eigenvalue weighted by atomic mass is 10.1. The standard InChI is InChI=1S/C13H17F3N2/c1-9-7-10(13(14,15)16)4-5-12(9)18-8-11-3-2-6-17-11/h4-5,7,11,17-18H,2-3,6,8H2,1H3. The first-order valence-corrected chi connectivity index (χ1v) is 6.12. The molecule has 0 aliphatic carbocycles. The molecule has 18 heavy (non-hydrogen) atoms. The summed E-state index contributed by atoms with van der Waals surface area (Å²) >= 11 is 0. The van der Waals surface area contributed by atoms with Crippen molar-refractivity contribution in [1.82, 2.24) is 5.32 Å². The Morgan fingerprint density at radius 3 is 2.72 bits per heavy atom. The maximum atomic E-state index is 12.5. The minimum absolute atomic E-state index is 0.423. The van der Waals surface area contributed by atoms with Crippen LogP contribution in [0.1, 0.15) is 24.0 Å². The van der Waals surface area contributed by atoms with Crippen LogP contribution in [0.3, 0.4) is 0 Å². The first kappa shape index (κ1) is 13.2. The van der Waals surface area contributed by atoms with Crippen molar-refractivity contribution in [3.05, 3.63) is 29.3 Å². The SMILES string of the molecule is Cc1cc(C(F)(F)F)ccc1NCC1CCCN1. The van der Waals surface area contributed by atoms with Gasteiger partial charge < -0.3 is 10.6 Å². The molecule has 0 radical (unpaired) electrons. The van der Waals surface area contributed by atoms with E-state index >= 15 is 0 Å². The number of hydrogen-bond donors (Lipinski definition) is 2. The molecule has 1 aromatic carbocycles. The smallest absolute Gasteiger partial charge is 0.383 e. The summed E-state index contributed by atoms with van der Waals surface area (Å²) in [5, 5.41) is 6.54. The van der Waals surface area contributed by atoms with E-state index in [1.165, 1.54) is 18.6 Å². The van der Waals surface area contributed by atoms with Gasteiger partial charge in [-0.2, -0.15) is 13.2 Å². The van der Waals surface area contributed by atoms with Crippen LogP contribution in [-0.2, 0) is 6.18 Å². The minimum atomic E-state index is -4.27. The van der Waals surface area contributed by atoms with E-state index in [0.717, 1.165) is 31.3 Å². The Morgan fingerprint density at radius 1 is 1.39 bits per heavy atom. The maximum absolute atomic E-state index is 12.5. The van der Waals surface area contributed by atoms with E-state index in [9.17, 15) is 13.2 Å². The normalized spacial score (nSPS) is 20.1. The lowest BCUT2D eigenvalue weighted by Crippen LogP contribution is -2.29. The van der Waals surface area contributed by atoms with Crippen LogP contribution >= 0.6 is 0 Å². The number of rotatable bonds is 3. The first-order chi connectivity index (χ1) is 8.47. The molecular weight excluding hydrogens is 241 g/mol. The Bertz CT molecular complexity index is 409. The van der Waals surface area contributed by atoms with Crippen LogP contribution in [0.4, 0.5) is 18.9 Å². The van der Waals surface area contributed by atoms with E-state index in [2.05, 4.69) is 10.6 Å². The fourth-order valence-corrected chi connectivity index (χ4v) is 2.20. The molecule has 2 N–H and O–H groups in total. The molecule has 0 amide bonds. The Hall–Kier alpha value is -1.23. The van der Waals surface area contributed by atoms with Crippen LogP contribution in [-0.4, -0.2) is 19.1 Å². The fraction of sp³-hybridized carbons (Fsp3) is 0.538. The van der Waals surface area contributed by atoms with Gasteiger partial charge in [0.1, 0.15) is 0 Å². The molecule has 0 aromatic heterocycles. The summed E-state index contributed by atoms with van der Waals surface area (Å²) in [6.07, 6.45) is -1.98. The Kier molecular flexibility index (Phi) is 3.80. The van der Waals surface area contributed by atoms with Crippen LogP contribution in [0, 0.1) is 6.92 Å². The highest BCUT2D eigenvalue weighted by molar-refractivity contribution is 5.52. The second-order valence-corrected chi connectivity index (χ2v) is 4.70. The van der Waals surface area contributed by atoms with Crippen molar-refractivity contribution in [3.8, 4) is 0 Å². The number of hydrogen-bond acceptors (Lipinski definition) is 2. The molecule has 1 aliphatic heterocycles. The molecule has 0 bridgehead atoms. The quantitative estimate of drug-likeness (QED) is 0.870. The van der Waals surface area contributed by atoms with Crippen LogP contribution in [0.25, 0.3) is 0 Å². The van der Waals surface area contributed by atoms with Crippen molar-refractivity contribution in [3.63, 3.8) is 0 Å². The largest absolute Gasteiger partial charge is 0.416 e. The summed E-state index contributed by atoms with van der Waals surface area (Å²) in [5.41, 5.74) is 0.809. The van der Waals surface area contributed by atoms with Crippen LogP contribution in [0.5, 0.6) is 0 Å². The molecule has 100 valence electrons. The lowest BCUT2D eigenvalue weighted by Gasteiger charge is -2.15. The highest BCUT2D eigenvalue weighted by atomic mass is 19.4. The molecule has 1 atom stereocenters. The maximum Gasteiger partial charge on any atom is 0.416 e. The van der Waals surface area contributed by atoms with Crippen molar-refractivity contribution < 1.29 is 13.2 Å².